The summed E-state index contributed by atoms with van der Waals surface area (Å²) in [7, 11) is 0. The lowest BCUT2D eigenvalue weighted by atomic mass is 9.91. The topological polar surface area (TPSA) is 54.6 Å². The molecule has 0 aliphatic carbocycles. The molecule has 7 heteroatoms. The van der Waals surface area contributed by atoms with Crippen molar-refractivity contribution in [2.75, 3.05) is 37.7 Å². The summed E-state index contributed by atoms with van der Waals surface area (Å²) in [6.07, 6.45) is 6.16. The van der Waals surface area contributed by atoms with Gasteiger partial charge in [0.2, 0.25) is 5.95 Å². The van der Waals surface area contributed by atoms with Crippen molar-refractivity contribution < 1.29 is 13.5 Å². The minimum atomic E-state index is -0.413. The Labute approximate surface area is 140 Å². The number of piperidine rings is 1. The van der Waals surface area contributed by atoms with E-state index >= 15 is 0 Å². The highest BCUT2D eigenvalue weighted by molar-refractivity contribution is 5.31. The number of nitrogens with zero attached hydrogens (tertiary/aromatic N) is 4. The van der Waals surface area contributed by atoms with E-state index in [0.29, 0.717) is 12.6 Å². The fourth-order valence-electron chi connectivity index (χ4n) is 3.67. The van der Waals surface area contributed by atoms with Gasteiger partial charge in [0.1, 0.15) is 5.76 Å². The quantitative estimate of drug-likeness (QED) is 0.858. The van der Waals surface area contributed by atoms with Crippen LogP contribution in [0.4, 0.5) is 10.3 Å². The number of hydrogen-bond donors (Lipinski definition) is 0. The van der Waals surface area contributed by atoms with Gasteiger partial charge in [-0.2, -0.15) is 0 Å². The highest BCUT2D eigenvalue weighted by Crippen LogP contribution is 2.31. The Morgan fingerprint density at radius 1 is 1.21 bits per heavy atom. The average molecular weight is 332 g/mol. The third kappa shape index (κ3) is 3.27. The zero-order valence-electron chi connectivity index (χ0n) is 13.5. The lowest BCUT2D eigenvalue weighted by molar-refractivity contribution is -0.117. The Kier molecular flexibility index (Phi) is 4.20. The second kappa shape index (κ2) is 6.49. The minimum Gasteiger partial charge on any atom is -0.468 e. The van der Waals surface area contributed by atoms with Gasteiger partial charge in [-0.15, -0.1) is 0 Å². The summed E-state index contributed by atoms with van der Waals surface area (Å²) >= 11 is 0. The van der Waals surface area contributed by atoms with Crippen LogP contribution in [0.5, 0.6) is 0 Å². The van der Waals surface area contributed by atoms with Crippen LogP contribution in [-0.2, 0) is 11.3 Å². The molecule has 0 saturated carbocycles. The Bertz CT molecular complexity index is 660. The largest absolute Gasteiger partial charge is 0.468 e. The van der Waals surface area contributed by atoms with Crippen LogP contribution in [0.3, 0.4) is 0 Å². The minimum absolute atomic E-state index is 0.221. The molecule has 128 valence electrons. The molecule has 0 aromatic carbocycles. The third-order valence-corrected chi connectivity index (χ3v) is 4.72. The van der Waals surface area contributed by atoms with E-state index in [4.69, 9.17) is 9.15 Å². The molecule has 0 amide bonds. The number of furan rings is 1. The van der Waals surface area contributed by atoms with Gasteiger partial charge in [0.25, 0.3) is 0 Å². The van der Waals surface area contributed by atoms with Crippen LogP contribution in [0.2, 0.25) is 0 Å². The molecule has 0 radical (unpaired) electrons. The monoisotopic (exact) mass is 332 g/mol. The fourth-order valence-corrected chi connectivity index (χ4v) is 3.67. The SMILES string of the molecule is Fc1cnc(N2CCCC3(CN(Cc4ccco4)CCO3)C2)nc1. The van der Waals surface area contributed by atoms with Gasteiger partial charge in [0, 0.05) is 19.6 Å². The first-order chi connectivity index (χ1) is 11.7. The maximum absolute atomic E-state index is 13.0. The van der Waals surface area contributed by atoms with E-state index in [1.165, 1.54) is 12.4 Å². The maximum Gasteiger partial charge on any atom is 0.225 e. The van der Waals surface area contributed by atoms with E-state index in [2.05, 4.69) is 19.8 Å². The van der Waals surface area contributed by atoms with Crippen LogP contribution >= 0.6 is 0 Å². The molecule has 4 rings (SSSR count). The Morgan fingerprint density at radius 2 is 2.08 bits per heavy atom. The van der Waals surface area contributed by atoms with E-state index in [1.807, 2.05) is 12.1 Å². The zero-order valence-corrected chi connectivity index (χ0v) is 13.5. The maximum atomic E-state index is 13.0. The summed E-state index contributed by atoms with van der Waals surface area (Å²) in [6.45, 7) is 4.85. The van der Waals surface area contributed by atoms with Crippen LogP contribution in [-0.4, -0.2) is 53.3 Å². The summed E-state index contributed by atoms with van der Waals surface area (Å²) in [6, 6.07) is 3.92. The Morgan fingerprint density at radius 3 is 2.88 bits per heavy atom. The fraction of sp³-hybridized carbons (Fsp3) is 0.529. The molecule has 2 aromatic rings. The molecule has 2 aromatic heterocycles. The van der Waals surface area contributed by atoms with Crippen molar-refractivity contribution in [2.45, 2.75) is 25.0 Å². The molecule has 1 unspecified atom stereocenters. The van der Waals surface area contributed by atoms with E-state index in [0.717, 1.165) is 51.3 Å². The molecule has 1 spiro atoms. The second-order valence-electron chi connectivity index (χ2n) is 6.55. The molecular weight excluding hydrogens is 311 g/mol. The predicted octanol–water partition coefficient (Wildman–Crippen LogP) is 2.08. The lowest BCUT2D eigenvalue weighted by Gasteiger charge is -2.47. The Hall–Kier alpha value is -1.99. The first kappa shape index (κ1) is 15.5. The number of halogens is 1. The molecule has 2 saturated heterocycles. The Balaban J connectivity index is 1.46. The number of aromatic nitrogens is 2. The molecule has 0 N–H and O–H groups in total. The normalized spacial score (nSPS) is 25.3. The number of anilines is 1. The summed E-state index contributed by atoms with van der Waals surface area (Å²) in [5.41, 5.74) is -0.221. The highest BCUT2D eigenvalue weighted by atomic mass is 19.1. The van der Waals surface area contributed by atoms with Gasteiger partial charge in [0.05, 0.1) is 44.0 Å². The number of hydrogen-bond acceptors (Lipinski definition) is 6. The van der Waals surface area contributed by atoms with E-state index in [1.54, 1.807) is 6.26 Å². The first-order valence-corrected chi connectivity index (χ1v) is 8.34. The van der Waals surface area contributed by atoms with Crippen LogP contribution in [0.15, 0.2) is 35.2 Å². The summed E-state index contributed by atoms with van der Waals surface area (Å²) in [5.74, 6) is 1.13. The van der Waals surface area contributed by atoms with Crippen molar-refractivity contribution in [3.63, 3.8) is 0 Å². The smallest absolute Gasteiger partial charge is 0.225 e. The molecular formula is C17H21FN4O2. The molecule has 1 atom stereocenters. The summed E-state index contributed by atoms with van der Waals surface area (Å²) in [4.78, 5) is 12.7. The number of ether oxygens (including phenoxy) is 1. The summed E-state index contributed by atoms with van der Waals surface area (Å²) < 4.78 is 24.7. The van der Waals surface area contributed by atoms with Crippen LogP contribution < -0.4 is 4.90 Å². The average Bonchev–Trinajstić information content (AvgIpc) is 3.09. The van der Waals surface area contributed by atoms with Crippen molar-refractivity contribution in [1.82, 2.24) is 14.9 Å². The predicted molar refractivity (Wildman–Crippen MR) is 86.1 cm³/mol. The lowest BCUT2D eigenvalue weighted by Crippen LogP contribution is -2.59. The van der Waals surface area contributed by atoms with Gasteiger partial charge in [-0.25, -0.2) is 14.4 Å². The van der Waals surface area contributed by atoms with Crippen LogP contribution in [0.25, 0.3) is 0 Å². The van der Waals surface area contributed by atoms with Gasteiger partial charge in [-0.3, -0.25) is 4.90 Å². The van der Waals surface area contributed by atoms with Gasteiger partial charge < -0.3 is 14.1 Å². The van der Waals surface area contributed by atoms with Crippen molar-refractivity contribution in [2.24, 2.45) is 0 Å². The van der Waals surface area contributed by atoms with Crippen molar-refractivity contribution in [3.8, 4) is 0 Å². The second-order valence-corrected chi connectivity index (χ2v) is 6.55. The molecule has 2 aliphatic heterocycles. The number of rotatable bonds is 3. The number of morpholine rings is 1. The van der Waals surface area contributed by atoms with Crippen molar-refractivity contribution >= 4 is 5.95 Å². The third-order valence-electron chi connectivity index (χ3n) is 4.72. The van der Waals surface area contributed by atoms with Gasteiger partial charge in [0.15, 0.2) is 5.82 Å². The highest BCUT2D eigenvalue weighted by Gasteiger charge is 2.41. The van der Waals surface area contributed by atoms with E-state index in [-0.39, 0.29) is 5.60 Å². The van der Waals surface area contributed by atoms with E-state index in [9.17, 15) is 4.39 Å². The van der Waals surface area contributed by atoms with Gasteiger partial charge in [-0.05, 0) is 25.0 Å². The molecule has 6 nitrogen and oxygen atoms in total. The standard InChI is InChI=1S/C17H21FN4O2/c18-14-9-19-16(20-10-14)22-5-2-4-17(13-22)12-21(6-8-24-17)11-15-3-1-7-23-15/h1,3,7,9-10H,2,4-6,8,11-13H2. The van der Waals surface area contributed by atoms with Crippen LogP contribution in [0.1, 0.15) is 18.6 Å². The molecule has 4 heterocycles. The van der Waals surface area contributed by atoms with Crippen LogP contribution in [0, 0.1) is 5.82 Å². The van der Waals surface area contributed by atoms with Crippen molar-refractivity contribution in [1.29, 1.82) is 0 Å². The van der Waals surface area contributed by atoms with Crippen molar-refractivity contribution in [3.05, 3.63) is 42.4 Å². The van der Waals surface area contributed by atoms with Gasteiger partial charge in [-0.1, -0.05) is 0 Å². The zero-order chi connectivity index (χ0) is 16.4. The molecule has 2 fully saturated rings. The molecule has 2 aliphatic rings. The molecule has 24 heavy (non-hydrogen) atoms. The first-order valence-electron chi connectivity index (χ1n) is 8.34. The van der Waals surface area contributed by atoms with Gasteiger partial charge >= 0.3 is 0 Å². The molecule has 0 bridgehead atoms. The summed E-state index contributed by atoms with van der Waals surface area (Å²) in [5, 5.41) is 0. The van der Waals surface area contributed by atoms with E-state index < -0.39 is 5.82 Å².